The van der Waals surface area contributed by atoms with Crippen molar-refractivity contribution in [2.45, 2.75) is 51.2 Å². The molecule has 1 saturated carbocycles. The first-order valence-corrected chi connectivity index (χ1v) is 6.02. The van der Waals surface area contributed by atoms with Gasteiger partial charge in [-0.2, -0.15) is 0 Å². The third-order valence-electron chi connectivity index (χ3n) is 3.00. The zero-order valence-electron chi connectivity index (χ0n) is 10.5. The molecule has 1 rings (SSSR count). The van der Waals surface area contributed by atoms with Gasteiger partial charge in [0.1, 0.15) is 0 Å². The molecule has 0 heterocycles. The fourth-order valence-electron chi connectivity index (χ4n) is 1.87. The van der Waals surface area contributed by atoms with Gasteiger partial charge in [0.2, 0.25) is 0 Å². The summed E-state index contributed by atoms with van der Waals surface area (Å²) in [5, 5.41) is 0. The van der Waals surface area contributed by atoms with Crippen molar-refractivity contribution in [2.75, 3.05) is 20.3 Å². The quantitative estimate of drug-likeness (QED) is 0.495. The van der Waals surface area contributed by atoms with Crippen molar-refractivity contribution in [3.63, 3.8) is 0 Å². The summed E-state index contributed by atoms with van der Waals surface area (Å²) in [5.41, 5.74) is -0.743. The second kappa shape index (κ2) is 6.21. The molecule has 0 spiro atoms. The molecule has 1 aliphatic carbocycles. The van der Waals surface area contributed by atoms with Crippen LogP contribution in [0.3, 0.4) is 0 Å². The Morgan fingerprint density at radius 2 is 2.06 bits per heavy atom. The van der Waals surface area contributed by atoms with Gasteiger partial charge in [-0.05, 0) is 13.3 Å². The van der Waals surface area contributed by atoms with Crippen molar-refractivity contribution < 1.29 is 19.0 Å². The van der Waals surface area contributed by atoms with E-state index in [4.69, 9.17) is 14.2 Å². The molecule has 16 heavy (non-hydrogen) atoms. The molecule has 0 aromatic carbocycles. The van der Waals surface area contributed by atoms with Crippen LogP contribution in [0.5, 0.6) is 0 Å². The molecule has 0 bridgehead atoms. The van der Waals surface area contributed by atoms with Crippen LogP contribution in [0.4, 0.5) is 0 Å². The fourth-order valence-corrected chi connectivity index (χ4v) is 1.87. The first-order chi connectivity index (χ1) is 7.68. The van der Waals surface area contributed by atoms with Crippen molar-refractivity contribution in [3.05, 3.63) is 0 Å². The predicted octanol–water partition coefficient (Wildman–Crippen LogP) is 1.91. The highest BCUT2D eigenvalue weighted by molar-refractivity contribution is 5.81. The average molecular weight is 230 g/mol. The SMILES string of the molecule is CCCCOC1CC(OC)(C(=O)OCC)C1. The number of unbranched alkanes of at least 4 members (excludes halogenated alkanes) is 1. The monoisotopic (exact) mass is 230 g/mol. The van der Waals surface area contributed by atoms with E-state index in [0.717, 1.165) is 19.4 Å². The second-order valence-electron chi connectivity index (χ2n) is 4.17. The van der Waals surface area contributed by atoms with Crippen LogP contribution in [-0.4, -0.2) is 38.0 Å². The lowest BCUT2D eigenvalue weighted by molar-refractivity contribution is -0.200. The zero-order chi connectivity index (χ0) is 12.0. The van der Waals surface area contributed by atoms with Crippen LogP contribution < -0.4 is 0 Å². The summed E-state index contributed by atoms with van der Waals surface area (Å²) in [6, 6.07) is 0. The summed E-state index contributed by atoms with van der Waals surface area (Å²) in [6.45, 7) is 5.09. The van der Waals surface area contributed by atoms with Gasteiger partial charge in [-0.1, -0.05) is 13.3 Å². The smallest absolute Gasteiger partial charge is 0.338 e. The van der Waals surface area contributed by atoms with Crippen molar-refractivity contribution in [1.29, 1.82) is 0 Å². The van der Waals surface area contributed by atoms with Crippen LogP contribution in [0.15, 0.2) is 0 Å². The highest BCUT2D eigenvalue weighted by Gasteiger charge is 2.52. The molecule has 0 radical (unpaired) electrons. The minimum atomic E-state index is -0.743. The lowest BCUT2D eigenvalue weighted by Gasteiger charge is -2.43. The summed E-state index contributed by atoms with van der Waals surface area (Å²) in [6.07, 6.45) is 3.57. The average Bonchev–Trinajstić information content (AvgIpc) is 2.22. The Morgan fingerprint density at radius 1 is 1.38 bits per heavy atom. The van der Waals surface area contributed by atoms with E-state index in [-0.39, 0.29) is 12.1 Å². The van der Waals surface area contributed by atoms with Crippen molar-refractivity contribution >= 4 is 5.97 Å². The summed E-state index contributed by atoms with van der Waals surface area (Å²) in [4.78, 5) is 11.7. The molecule has 0 aromatic rings. The Morgan fingerprint density at radius 3 is 2.56 bits per heavy atom. The second-order valence-corrected chi connectivity index (χ2v) is 4.17. The van der Waals surface area contributed by atoms with Crippen LogP contribution in [-0.2, 0) is 19.0 Å². The Hall–Kier alpha value is -0.610. The van der Waals surface area contributed by atoms with Gasteiger partial charge in [-0.25, -0.2) is 4.79 Å². The van der Waals surface area contributed by atoms with E-state index in [1.54, 1.807) is 14.0 Å². The number of methoxy groups -OCH3 is 1. The summed E-state index contributed by atoms with van der Waals surface area (Å²) in [7, 11) is 1.55. The third kappa shape index (κ3) is 2.95. The van der Waals surface area contributed by atoms with Gasteiger partial charge in [0, 0.05) is 26.6 Å². The van der Waals surface area contributed by atoms with Gasteiger partial charge in [-0.3, -0.25) is 0 Å². The first kappa shape index (κ1) is 13.5. The van der Waals surface area contributed by atoms with E-state index in [2.05, 4.69) is 6.92 Å². The number of carbonyl (C=O) groups excluding carboxylic acids is 1. The van der Waals surface area contributed by atoms with Gasteiger partial charge in [0.15, 0.2) is 5.60 Å². The van der Waals surface area contributed by atoms with Gasteiger partial charge in [0.25, 0.3) is 0 Å². The Balaban J connectivity index is 2.30. The molecular weight excluding hydrogens is 208 g/mol. The molecule has 0 N–H and O–H groups in total. The molecule has 1 aliphatic rings. The molecule has 1 fully saturated rings. The maximum absolute atomic E-state index is 11.7. The van der Waals surface area contributed by atoms with E-state index < -0.39 is 5.60 Å². The van der Waals surface area contributed by atoms with Crippen LogP contribution in [0.25, 0.3) is 0 Å². The van der Waals surface area contributed by atoms with Crippen LogP contribution >= 0.6 is 0 Å². The minimum absolute atomic E-state index is 0.149. The molecular formula is C12H22O4. The molecule has 0 aromatic heterocycles. The Bertz CT molecular complexity index is 221. The molecule has 0 aliphatic heterocycles. The molecule has 0 unspecified atom stereocenters. The van der Waals surface area contributed by atoms with Crippen LogP contribution in [0, 0.1) is 0 Å². The maximum Gasteiger partial charge on any atom is 0.338 e. The number of hydrogen-bond acceptors (Lipinski definition) is 4. The van der Waals surface area contributed by atoms with Crippen LogP contribution in [0.2, 0.25) is 0 Å². The highest BCUT2D eigenvalue weighted by atomic mass is 16.6. The van der Waals surface area contributed by atoms with Gasteiger partial charge in [-0.15, -0.1) is 0 Å². The van der Waals surface area contributed by atoms with E-state index in [0.29, 0.717) is 19.4 Å². The standard InChI is InChI=1S/C12H22O4/c1-4-6-7-16-10-8-12(9-10,14-3)11(13)15-5-2/h10H,4-9H2,1-3H3. The number of carbonyl (C=O) groups is 1. The zero-order valence-corrected chi connectivity index (χ0v) is 10.5. The molecule has 4 heteroatoms. The summed E-state index contributed by atoms with van der Waals surface area (Å²) < 4.78 is 15.9. The fraction of sp³-hybridized carbons (Fsp3) is 0.917. The molecule has 0 saturated heterocycles. The van der Waals surface area contributed by atoms with Crippen molar-refractivity contribution in [3.8, 4) is 0 Å². The number of rotatable bonds is 7. The van der Waals surface area contributed by atoms with Gasteiger partial charge < -0.3 is 14.2 Å². The third-order valence-corrected chi connectivity index (χ3v) is 3.00. The number of esters is 1. The summed E-state index contributed by atoms with van der Waals surface area (Å²) >= 11 is 0. The van der Waals surface area contributed by atoms with Crippen LogP contribution in [0.1, 0.15) is 39.5 Å². The van der Waals surface area contributed by atoms with Gasteiger partial charge in [0.05, 0.1) is 12.7 Å². The Kier molecular flexibility index (Phi) is 5.22. The minimum Gasteiger partial charge on any atom is -0.464 e. The first-order valence-electron chi connectivity index (χ1n) is 6.02. The molecule has 94 valence electrons. The van der Waals surface area contributed by atoms with Crippen molar-refractivity contribution in [2.24, 2.45) is 0 Å². The van der Waals surface area contributed by atoms with E-state index >= 15 is 0 Å². The van der Waals surface area contributed by atoms with Gasteiger partial charge >= 0.3 is 5.97 Å². The number of ether oxygens (including phenoxy) is 3. The molecule has 0 amide bonds. The molecule has 4 nitrogen and oxygen atoms in total. The normalized spacial score (nSPS) is 28.6. The number of hydrogen-bond donors (Lipinski definition) is 0. The van der Waals surface area contributed by atoms with Crippen molar-refractivity contribution in [1.82, 2.24) is 0 Å². The van der Waals surface area contributed by atoms with E-state index in [1.807, 2.05) is 0 Å². The van der Waals surface area contributed by atoms with E-state index in [1.165, 1.54) is 0 Å². The Labute approximate surface area is 97.2 Å². The van der Waals surface area contributed by atoms with E-state index in [9.17, 15) is 4.79 Å². The lowest BCUT2D eigenvalue weighted by Crippen LogP contribution is -2.56. The maximum atomic E-state index is 11.7. The predicted molar refractivity (Wildman–Crippen MR) is 60.3 cm³/mol. The highest BCUT2D eigenvalue weighted by Crippen LogP contribution is 2.38. The largest absolute Gasteiger partial charge is 0.464 e. The summed E-state index contributed by atoms with van der Waals surface area (Å²) in [5.74, 6) is -0.257. The lowest BCUT2D eigenvalue weighted by atomic mass is 9.77. The molecule has 0 atom stereocenters. The topological polar surface area (TPSA) is 44.8 Å².